The first-order valence-electron chi connectivity index (χ1n) is 9.11. The Labute approximate surface area is 152 Å². The Morgan fingerprint density at radius 3 is 2.72 bits per heavy atom. The number of nitrogens with zero attached hydrogens (tertiary/aromatic N) is 3. The average Bonchev–Trinajstić information content (AvgIpc) is 2.66. The molecule has 1 amide bonds. The molecule has 1 aliphatic heterocycles. The fourth-order valence-corrected chi connectivity index (χ4v) is 4.06. The molecule has 0 bridgehead atoms. The predicted molar refractivity (Wildman–Crippen MR) is 102 cm³/mol. The van der Waals surface area contributed by atoms with Crippen molar-refractivity contribution in [2.24, 2.45) is 0 Å². The summed E-state index contributed by atoms with van der Waals surface area (Å²) < 4.78 is 1.74. The maximum Gasteiger partial charge on any atom is 0.262 e. The molecule has 2 aromatic rings. The summed E-state index contributed by atoms with van der Waals surface area (Å²) >= 11 is 1.39. The zero-order valence-electron chi connectivity index (χ0n) is 14.7. The molecule has 2 heterocycles. The van der Waals surface area contributed by atoms with E-state index in [9.17, 15) is 9.59 Å². The molecule has 0 radical (unpaired) electrons. The molecule has 134 valence electrons. The number of benzene rings is 1. The van der Waals surface area contributed by atoms with Crippen molar-refractivity contribution in [3.8, 4) is 0 Å². The van der Waals surface area contributed by atoms with Gasteiger partial charge in [-0.2, -0.15) is 0 Å². The van der Waals surface area contributed by atoms with Gasteiger partial charge in [0, 0.05) is 19.6 Å². The maximum absolute atomic E-state index is 12.8. The number of piperidine rings is 1. The molecule has 0 saturated carbocycles. The van der Waals surface area contributed by atoms with Crippen molar-refractivity contribution in [3.63, 3.8) is 0 Å². The molecule has 1 aromatic carbocycles. The molecule has 5 nitrogen and oxygen atoms in total. The summed E-state index contributed by atoms with van der Waals surface area (Å²) in [6.45, 7) is 4.46. The van der Waals surface area contributed by atoms with E-state index in [-0.39, 0.29) is 11.5 Å². The summed E-state index contributed by atoms with van der Waals surface area (Å²) in [4.78, 5) is 31.8. The Hall–Kier alpha value is -1.82. The summed E-state index contributed by atoms with van der Waals surface area (Å²) in [5, 5.41) is 1.30. The van der Waals surface area contributed by atoms with E-state index in [1.807, 2.05) is 29.2 Å². The monoisotopic (exact) mass is 359 g/mol. The van der Waals surface area contributed by atoms with Gasteiger partial charge in [-0.15, -0.1) is 0 Å². The largest absolute Gasteiger partial charge is 0.342 e. The van der Waals surface area contributed by atoms with E-state index in [4.69, 9.17) is 0 Å². The SMILES string of the molecule is CCCCn1c(SCC(=O)N2CCCCC2)nc2ccccc2c1=O. The fourth-order valence-electron chi connectivity index (χ4n) is 3.13. The van der Waals surface area contributed by atoms with Crippen LogP contribution in [0.5, 0.6) is 0 Å². The Morgan fingerprint density at radius 1 is 1.20 bits per heavy atom. The zero-order chi connectivity index (χ0) is 17.6. The van der Waals surface area contributed by atoms with Crippen LogP contribution < -0.4 is 5.56 Å². The minimum atomic E-state index is -0.00743. The van der Waals surface area contributed by atoms with Crippen molar-refractivity contribution in [2.75, 3.05) is 18.8 Å². The highest BCUT2D eigenvalue weighted by atomic mass is 32.2. The van der Waals surface area contributed by atoms with Crippen LogP contribution in [0.4, 0.5) is 0 Å². The lowest BCUT2D eigenvalue weighted by atomic mass is 10.1. The molecule has 1 fully saturated rings. The number of carbonyl (C=O) groups is 1. The second-order valence-corrected chi connectivity index (χ2v) is 7.39. The van der Waals surface area contributed by atoms with Crippen LogP contribution in [0.3, 0.4) is 0 Å². The van der Waals surface area contributed by atoms with Crippen molar-refractivity contribution in [3.05, 3.63) is 34.6 Å². The second kappa shape index (κ2) is 8.52. The number of likely N-dealkylation sites (tertiary alicyclic amines) is 1. The molecule has 0 N–H and O–H groups in total. The van der Waals surface area contributed by atoms with Crippen LogP contribution in [0.15, 0.2) is 34.2 Å². The number of hydrogen-bond donors (Lipinski definition) is 0. The van der Waals surface area contributed by atoms with E-state index in [1.54, 1.807) is 4.57 Å². The van der Waals surface area contributed by atoms with Gasteiger partial charge in [0.1, 0.15) is 0 Å². The van der Waals surface area contributed by atoms with E-state index in [1.165, 1.54) is 18.2 Å². The molecule has 0 aliphatic carbocycles. The van der Waals surface area contributed by atoms with Crippen LogP contribution in [0, 0.1) is 0 Å². The minimum Gasteiger partial charge on any atom is -0.342 e. The third-order valence-corrected chi connectivity index (χ3v) is 5.56. The number of thioether (sulfide) groups is 1. The van der Waals surface area contributed by atoms with Crippen molar-refractivity contribution in [1.82, 2.24) is 14.5 Å². The molecule has 0 spiro atoms. The summed E-state index contributed by atoms with van der Waals surface area (Å²) in [5.74, 6) is 0.492. The molecule has 3 rings (SSSR count). The van der Waals surface area contributed by atoms with Crippen LogP contribution in [-0.4, -0.2) is 39.2 Å². The Morgan fingerprint density at radius 2 is 1.96 bits per heavy atom. The van der Waals surface area contributed by atoms with Crippen molar-refractivity contribution < 1.29 is 4.79 Å². The number of amides is 1. The van der Waals surface area contributed by atoms with Gasteiger partial charge in [-0.25, -0.2) is 4.98 Å². The van der Waals surface area contributed by atoms with Crippen LogP contribution in [0.2, 0.25) is 0 Å². The summed E-state index contributed by atoms with van der Waals surface area (Å²) in [7, 11) is 0. The lowest BCUT2D eigenvalue weighted by Gasteiger charge is -2.26. The number of rotatable bonds is 6. The number of aromatic nitrogens is 2. The first-order valence-corrected chi connectivity index (χ1v) is 10.1. The van der Waals surface area contributed by atoms with Crippen LogP contribution >= 0.6 is 11.8 Å². The van der Waals surface area contributed by atoms with Crippen molar-refractivity contribution in [2.45, 2.75) is 50.7 Å². The summed E-state index contributed by atoms with van der Waals surface area (Å²) in [6.07, 6.45) is 5.32. The number of para-hydroxylation sites is 1. The zero-order valence-corrected chi connectivity index (χ0v) is 15.6. The third-order valence-electron chi connectivity index (χ3n) is 4.60. The highest BCUT2D eigenvalue weighted by Crippen LogP contribution is 2.20. The van der Waals surface area contributed by atoms with Gasteiger partial charge >= 0.3 is 0 Å². The van der Waals surface area contributed by atoms with Crippen LogP contribution in [-0.2, 0) is 11.3 Å². The van der Waals surface area contributed by atoms with E-state index in [0.29, 0.717) is 28.4 Å². The van der Waals surface area contributed by atoms with Gasteiger partial charge < -0.3 is 4.90 Å². The van der Waals surface area contributed by atoms with Crippen molar-refractivity contribution >= 4 is 28.6 Å². The quantitative estimate of drug-likeness (QED) is 0.587. The molecule has 0 unspecified atom stereocenters. The Balaban J connectivity index is 1.83. The average molecular weight is 359 g/mol. The van der Waals surface area contributed by atoms with E-state index < -0.39 is 0 Å². The smallest absolute Gasteiger partial charge is 0.262 e. The van der Waals surface area contributed by atoms with Gasteiger partial charge in [0.2, 0.25) is 5.91 Å². The number of unbranched alkanes of at least 4 members (excludes halogenated alkanes) is 1. The van der Waals surface area contributed by atoms with E-state index in [0.717, 1.165) is 38.8 Å². The summed E-state index contributed by atoms with van der Waals surface area (Å²) in [6, 6.07) is 7.43. The minimum absolute atomic E-state index is 0.00743. The third kappa shape index (κ3) is 4.24. The van der Waals surface area contributed by atoms with E-state index in [2.05, 4.69) is 11.9 Å². The van der Waals surface area contributed by atoms with E-state index >= 15 is 0 Å². The van der Waals surface area contributed by atoms with Crippen LogP contribution in [0.25, 0.3) is 10.9 Å². The predicted octanol–water partition coefficient (Wildman–Crippen LogP) is 3.30. The maximum atomic E-state index is 12.8. The van der Waals surface area contributed by atoms with Gasteiger partial charge in [0.15, 0.2) is 5.16 Å². The first kappa shape index (κ1) is 18.0. The van der Waals surface area contributed by atoms with Gasteiger partial charge in [0.05, 0.1) is 16.7 Å². The molecule has 6 heteroatoms. The number of carbonyl (C=O) groups excluding carboxylic acids is 1. The molecule has 0 atom stereocenters. The highest BCUT2D eigenvalue weighted by molar-refractivity contribution is 7.99. The molecular formula is C19H25N3O2S. The first-order chi connectivity index (χ1) is 12.2. The molecule has 25 heavy (non-hydrogen) atoms. The normalized spacial score (nSPS) is 14.8. The number of hydrogen-bond acceptors (Lipinski definition) is 4. The summed E-state index contributed by atoms with van der Waals surface area (Å²) in [5.41, 5.74) is 0.695. The fraction of sp³-hybridized carbons (Fsp3) is 0.526. The lowest BCUT2D eigenvalue weighted by molar-refractivity contribution is -0.129. The highest BCUT2D eigenvalue weighted by Gasteiger charge is 2.18. The lowest BCUT2D eigenvalue weighted by Crippen LogP contribution is -2.37. The Bertz CT molecular complexity index is 797. The van der Waals surface area contributed by atoms with Gasteiger partial charge in [-0.3, -0.25) is 14.2 Å². The molecule has 1 aliphatic rings. The van der Waals surface area contributed by atoms with Gasteiger partial charge in [0.25, 0.3) is 5.56 Å². The standard InChI is InChI=1S/C19H25N3O2S/c1-2-3-13-22-18(24)15-9-5-6-10-16(15)20-19(22)25-14-17(23)21-11-7-4-8-12-21/h5-6,9-10H,2-4,7-8,11-14H2,1H3. The molecule has 1 aromatic heterocycles. The topological polar surface area (TPSA) is 55.2 Å². The second-order valence-electron chi connectivity index (χ2n) is 6.45. The van der Waals surface area contributed by atoms with Crippen molar-refractivity contribution in [1.29, 1.82) is 0 Å². The van der Waals surface area contributed by atoms with Gasteiger partial charge in [-0.05, 0) is 37.8 Å². The van der Waals surface area contributed by atoms with Crippen LogP contribution in [0.1, 0.15) is 39.0 Å². The number of fused-ring (bicyclic) bond motifs is 1. The molecular weight excluding hydrogens is 334 g/mol. The van der Waals surface area contributed by atoms with Gasteiger partial charge in [-0.1, -0.05) is 37.2 Å². The molecule has 1 saturated heterocycles. The Kier molecular flexibility index (Phi) is 6.13.